The zero-order valence-corrected chi connectivity index (χ0v) is 18.1. The summed E-state index contributed by atoms with van der Waals surface area (Å²) in [5.41, 5.74) is 3.28. The molecule has 1 amide bonds. The van der Waals surface area contributed by atoms with Crippen molar-refractivity contribution in [2.24, 2.45) is 0 Å². The number of carbonyl (C=O) groups excluding carboxylic acids is 1. The number of hydrogen-bond donors (Lipinski definition) is 1. The van der Waals surface area contributed by atoms with Crippen LogP contribution in [0.4, 0.5) is 5.69 Å². The molecule has 2 aliphatic rings. The van der Waals surface area contributed by atoms with Crippen LogP contribution in [0.15, 0.2) is 78.9 Å². The van der Waals surface area contributed by atoms with Gasteiger partial charge in [0.2, 0.25) is 15.9 Å². The van der Waals surface area contributed by atoms with Crippen LogP contribution in [0.25, 0.3) is 6.08 Å². The number of amides is 1. The molecule has 3 aromatic rings. The quantitative estimate of drug-likeness (QED) is 0.608. The van der Waals surface area contributed by atoms with Crippen molar-refractivity contribution in [3.63, 3.8) is 0 Å². The first-order valence-electron chi connectivity index (χ1n) is 10.5. The molecular formula is C25H22N2O4S. The number of fused-ring (bicyclic) bond motifs is 2. The molecule has 1 saturated heterocycles. The van der Waals surface area contributed by atoms with E-state index in [1.54, 1.807) is 18.2 Å². The van der Waals surface area contributed by atoms with Gasteiger partial charge in [-0.15, -0.1) is 0 Å². The Hall–Kier alpha value is -3.58. The van der Waals surface area contributed by atoms with E-state index in [1.165, 1.54) is 10.4 Å². The van der Waals surface area contributed by atoms with E-state index in [0.29, 0.717) is 18.7 Å². The van der Waals surface area contributed by atoms with Gasteiger partial charge in [-0.3, -0.25) is 9.10 Å². The van der Waals surface area contributed by atoms with E-state index in [9.17, 15) is 13.2 Å². The SMILES string of the molecule is O=C(/C=C/c1ccc(N2CCCS2(=O)=O)cc1)NC1c2ccccc2Oc2ccccc21. The summed E-state index contributed by atoms with van der Waals surface area (Å²) in [5.74, 6) is 1.42. The van der Waals surface area contributed by atoms with E-state index in [-0.39, 0.29) is 17.7 Å². The van der Waals surface area contributed by atoms with Crippen molar-refractivity contribution in [1.82, 2.24) is 5.32 Å². The Labute approximate surface area is 187 Å². The lowest BCUT2D eigenvalue weighted by molar-refractivity contribution is -0.116. The van der Waals surface area contributed by atoms with Gasteiger partial charge in [0.05, 0.1) is 17.5 Å². The van der Waals surface area contributed by atoms with Gasteiger partial charge >= 0.3 is 0 Å². The predicted octanol–water partition coefficient (Wildman–Crippen LogP) is 4.25. The maximum absolute atomic E-state index is 12.7. The number of nitrogens with zero attached hydrogens (tertiary/aromatic N) is 1. The van der Waals surface area contributed by atoms with Crippen LogP contribution in [-0.4, -0.2) is 26.6 Å². The van der Waals surface area contributed by atoms with Crippen molar-refractivity contribution in [1.29, 1.82) is 0 Å². The van der Waals surface area contributed by atoms with Gasteiger partial charge in [0.25, 0.3) is 0 Å². The molecule has 3 aromatic carbocycles. The van der Waals surface area contributed by atoms with Crippen LogP contribution in [0.2, 0.25) is 0 Å². The Morgan fingerprint density at radius 2 is 1.56 bits per heavy atom. The fraction of sp³-hybridized carbons (Fsp3) is 0.160. The van der Waals surface area contributed by atoms with Crippen LogP contribution in [0, 0.1) is 0 Å². The van der Waals surface area contributed by atoms with E-state index in [0.717, 1.165) is 28.2 Å². The molecule has 7 heteroatoms. The molecule has 5 rings (SSSR count). The van der Waals surface area contributed by atoms with Crippen LogP contribution in [0.3, 0.4) is 0 Å². The molecule has 6 nitrogen and oxygen atoms in total. The minimum Gasteiger partial charge on any atom is -0.457 e. The zero-order chi connectivity index (χ0) is 22.1. The first-order valence-corrected chi connectivity index (χ1v) is 12.1. The lowest BCUT2D eigenvalue weighted by Gasteiger charge is -2.28. The second kappa shape index (κ2) is 8.16. The molecular weight excluding hydrogens is 424 g/mol. The summed E-state index contributed by atoms with van der Waals surface area (Å²) in [5, 5.41) is 3.08. The summed E-state index contributed by atoms with van der Waals surface area (Å²) >= 11 is 0. The fourth-order valence-corrected chi connectivity index (χ4v) is 5.67. The topological polar surface area (TPSA) is 75.7 Å². The Kier molecular flexibility index (Phi) is 5.19. The summed E-state index contributed by atoms with van der Waals surface area (Å²) in [6.45, 7) is 0.508. The largest absolute Gasteiger partial charge is 0.457 e. The summed E-state index contributed by atoms with van der Waals surface area (Å²) in [6.07, 6.45) is 3.85. The summed E-state index contributed by atoms with van der Waals surface area (Å²) < 4.78 is 31.6. The highest BCUT2D eigenvalue weighted by Crippen LogP contribution is 2.42. The van der Waals surface area contributed by atoms with Crippen molar-refractivity contribution in [3.05, 3.63) is 95.6 Å². The molecule has 0 unspecified atom stereocenters. The molecule has 0 aliphatic carbocycles. The second-order valence-corrected chi connectivity index (χ2v) is 9.80. The number of rotatable bonds is 4. The van der Waals surface area contributed by atoms with Crippen molar-refractivity contribution in [3.8, 4) is 11.5 Å². The van der Waals surface area contributed by atoms with Crippen molar-refractivity contribution >= 4 is 27.7 Å². The molecule has 0 atom stereocenters. The molecule has 0 spiro atoms. The normalized spacial score (nSPS) is 16.9. The molecule has 2 heterocycles. The highest BCUT2D eigenvalue weighted by molar-refractivity contribution is 7.93. The van der Waals surface area contributed by atoms with Gasteiger partial charge in [-0.25, -0.2) is 8.42 Å². The summed E-state index contributed by atoms with van der Waals surface area (Å²) in [6, 6.07) is 22.2. The average Bonchev–Trinajstić information content (AvgIpc) is 3.17. The van der Waals surface area contributed by atoms with Crippen LogP contribution in [-0.2, 0) is 14.8 Å². The molecule has 32 heavy (non-hydrogen) atoms. The van der Waals surface area contributed by atoms with Gasteiger partial charge in [-0.05, 0) is 42.3 Å². The lowest BCUT2D eigenvalue weighted by atomic mass is 9.94. The monoisotopic (exact) mass is 446 g/mol. The molecule has 2 aliphatic heterocycles. The standard InChI is InChI=1S/C25H22N2O4S/c28-24(15-12-18-10-13-19(14-11-18)27-16-5-17-32(27,29)30)26-25-20-6-1-3-8-22(20)31-23-9-4-2-7-21(23)25/h1-4,6-15,25H,5,16-17H2,(H,26,28)/b15-12+. The Morgan fingerprint density at radius 1 is 0.938 bits per heavy atom. The highest BCUT2D eigenvalue weighted by Gasteiger charge is 2.29. The van der Waals surface area contributed by atoms with Crippen LogP contribution in [0.1, 0.15) is 29.2 Å². The fourth-order valence-electron chi connectivity index (χ4n) is 4.11. The first kappa shape index (κ1) is 20.3. The maximum atomic E-state index is 12.7. The number of para-hydroxylation sites is 2. The molecule has 0 bridgehead atoms. The molecule has 0 saturated carbocycles. The van der Waals surface area contributed by atoms with Gasteiger partial charge < -0.3 is 10.1 Å². The van der Waals surface area contributed by atoms with Crippen molar-refractivity contribution in [2.45, 2.75) is 12.5 Å². The number of carbonyl (C=O) groups is 1. The van der Waals surface area contributed by atoms with Crippen molar-refractivity contribution < 1.29 is 17.9 Å². The number of ether oxygens (including phenoxy) is 1. The molecule has 1 fully saturated rings. The maximum Gasteiger partial charge on any atom is 0.244 e. The third-order valence-corrected chi connectivity index (χ3v) is 7.54. The first-order chi connectivity index (χ1) is 15.5. The van der Waals surface area contributed by atoms with Gasteiger partial charge in [0.1, 0.15) is 11.5 Å². The molecule has 1 N–H and O–H groups in total. The lowest BCUT2D eigenvalue weighted by Crippen LogP contribution is -2.29. The number of hydrogen-bond acceptors (Lipinski definition) is 4. The number of anilines is 1. The van der Waals surface area contributed by atoms with Gasteiger partial charge in [0.15, 0.2) is 0 Å². The van der Waals surface area contributed by atoms with Gasteiger partial charge in [-0.1, -0.05) is 48.5 Å². The van der Waals surface area contributed by atoms with E-state index in [1.807, 2.05) is 60.7 Å². The average molecular weight is 447 g/mol. The Bertz CT molecular complexity index is 1250. The Balaban J connectivity index is 1.32. The van der Waals surface area contributed by atoms with Crippen LogP contribution < -0.4 is 14.4 Å². The minimum atomic E-state index is -3.20. The van der Waals surface area contributed by atoms with E-state index in [4.69, 9.17) is 4.74 Å². The third kappa shape index (κ3) is 3.87. The highest BCUT2D eigenvalue weighted by atomic mass is 32.2. The van der Waals surface area contributed by atoms with E-state index in [2.05, 4.69) is 5.32 Å². The Morgan fingerprint density at radius 3 is 2.16 bits per heavy atom. The number of benzene rings is 3. The van der Waals surface area contributed by atoms with E-state index < -0.39 is 10.0 Å². The van der Waals surface area contributed by atoms with Crippen LogP contribution >= 0.6 is 0 Å². The zero-order valence-electron chi connectivity index (χ0n) is 17.3. The number of sulfonamides is 1. The molecule has 162 valence electrons. The third-order valence-electron chi connectivity index (χ3n) is 5.67. The van der Waals surface area contributed by atoms with Gasteiger partial charge in [-0.2, -0.15) is 0 Å². The summed E-state index contributed by atoms with van der Waals surface area (Å²) in [7, 11) is -3.20. The predicted molar refractivity (Wildman–Crippen MR) is 124 cm³/mol. The molecule has 0 aromatic heterocycles. The second-order valence-electron chi connectivity index (χ2n) is 7.79. The minimum absolute atomic E-state index is 0.188. The van der Waals surface area contributed by atoms with E-state index >= 15 is 0 Å². The van der Waals surface area contributed by atoms with Crippen molar-refractivity contribution in [2.75, 3.05) is 16.6 Å². The van der Waals surface area contributed by atoms with Crippen LogP contribution in [0.5, 0.6) is 11.5 Å². The van der Waals surface area contributed by atoms with Gasteiger partial charge in [0, 0.05) is 23.7 Å². The molecule has 0 radical (unpaired) electrons. The number of nitrogens with one attached hydrogen (secondary N) is 1. The smallest absolute Gasteiger partial charge is 0.244 e. The summed E-state index contributed by atoms with van der Waals surface area (Å²) in [4.78, 5) is 12.7.